The van der Waals surface area contributed by atoms with Gasteiger partial charge in [0.15, 0.2) is 22.9 Å². The molecule has 2 aromatic rings. The Hall–Kier alpha value is -3.87. The Morgan fingerprint density at radius 2 is 2.28 bits per heavy atom. The average molecular weight is 391 g/mol. The van der Waals surface area contributed by atoms with Crippen molar-refractivity contribution in [2.45, 2.75) is 13.8 Å². The lowest BCUT2D eigenvalue weighted by atomic mass is 10.1. The molecular formula is C22H21N3O4. The zero-order valence-electron chi connectivity index (χ0n) is 16.2. The number of anilines is 1. The number of aromatic hydroxyl groups is 1. The van der Waals surface area contributed by atoms with Gasteiger partial charge in [-0.25, -0.2) is 14.8 Å². The first kappa shape index (κ1) is 19.9. The van der Waals surface area contributed by atoms with E-state index in [0.717, 1.165) is 5.56 Å². The molecular weight excluding hydrogens is 370 g/mol. The second-order valence-corrected chi connectivity index (χ2v) is 5.95. The zero-order chi connectivity index (χ0) is 20.8. The van der Waals surface area contributed by atoms with Gasteiger partial charge in [-0.3, -0.25) is 0 Å². The molecule has 0 saturated heterocycles. The molecule has 0 amide bonds. The van der Waals surface area contributed by atoms with E-state index >= 15 is 0 Å². The Labute approximate surface area is 168 Å². The summed E-state index contributed by atoms with van der Waals surface area (Å²) in [7, 11) is 0. The van der Waals surface area contributed by atoms with E-state index < -0.39 is 5.97 Å². The molecule has 0 atom stereocenters. The summed E-state index contributed by atoms with van der Waals surface area (Å²) < 4.78 is 10.8. The number of nitrogens with one attached hydrogen (secondary N) is 1. The van der Waals surface area contributed by atoms with Crippen LogP contribution >= 0.6 is 0 Å². The van der Waals surface area contributed by atoms with Crippen LogP contribution in [0.1, 0.15) is 35.5 Å². The van der Waals surface area contributed by atoms with E-state index in [0.29, 0.717) is 17.1 Å². The molecule has 1 aliphatic rings. The number of fused-ring (bicyclic) bond motifs is 1. The van der Waals surface area contributed by atoms with E-state index in [9.17, 15) is 9.90 Å². The minimum atomic E-state index is -0.697. The standard InChI is InChI=1S/C22H21N3O4/c1-4-7-9-15(5-2)25-21-18(22(27)28-6-3)19(26)17(29-21)12-14-13-24-20-16(14)10-8-11-23-20/h4-5,7-13,25-26H,2,6H2,1,3H3/b7-4-,14-12?,15-9+. The van der Waals surface area contributed by atoms with E-state index in [1.165, 1.54) is 0 Å². The third-order valence-corrected chi connectivity index (χ3v) is 4.05. The van der Waals surface area contributed by atoms with Crippen molar-refractivity contribution in [1.29, 1.82) is 0 Å². The van der Waals surface area contributed by atoms with Crippen molar-refractivity contribution >= 4 is 35.5 Å². The van der Waals surface area contributed by atoms with Crippen molar-refractivity contribution in [3.63, 3.8) is 0 Å². The second kappa shape index (κ2) is 8.88. The van der Waals surface area contributed by atoms with Crippen molar-refractivity contribution in [1.82, 2.24) is 4.98 Å². The van der Waals surface area contributed by atoms with E-state index in [1.54, 1.807) is 49.7 Å². The van der Waals surface area contributed by atoms with Crippen molar-refractivity contribution in [3.05, 3.63) is 71.8 Å². The molecule has 0 aliphatic carbocycles. The summed E-state index contributed by atoms with van der Waals surface area (Å²) in [5.41, 5.74) is 2.00. The van der Waals surface area contributed by atoms with Crippen LogP contribution < -0.4 is 5.32 Å². The third kappa shape index (κ3) is 4.19. The van der Waals surface area contributed by atoms with E-state index in [-0.39, 0.29) is 29.6 Å². The van der Waals surface area contributed by atoms with E-state index in [4.69, 9.17) is 9.15 Å². The summed E-state index contributed by atoms with van der Waals surface area (Å²) in [6, 6.07) is 3.66. The lowest BCUT2D eigenvalue weighted by Crippen LogP contribution is -2.07. The molecule has 7 nitrogen and oxygen atoms in total. The van der Waals surface area contributed by atoms with Gasteiger partial charge in [-0.15, -0.1) is 0 Å². The lowest BCUT2D eigenvalue weighted by Gasteiger charge is -2.06. The minimum Gasteiger partial charge on any atom is -0.504 e. The highest BCUT2D eigenvalue weighted by atomic mass is 16.5. The number of ether oxygens (including phenoxy) is 1. The number of pyridine rings is 1. The summed E-state index contributed by atoms with van der Waals surface area (Å²) in [6.07, 6.45) is 11.8. The summed E-state index contributed by atoms with van der Waals surface area (Å²) >= 11 is 0. The summed E-state index contributed by atoms with van der Waals surface area (Å²) in [5.74, 6) is -0.277. The molecule has 29 heavy (non-hydrogen) atoms. The Bertz CT molecular complexity index is 1060. The molecule has 0 radical (unpaired) electrons. The first-order valence-corrected chi connectivity index (χ1v) is 9.05. The second-order valence-electron chi connectivity index (χ2n) is 5.95. The zero-order valence-corrected chi connectivity index (χ0v) is 16.2. The van der Waals surface area contributed by atoms with Crippen LogP contribution in [0.15, 0.2) is 64.3 Å². The first-order chi connectivity index (χ1) is 14.1. The highest BCUT2D eigenvalue weighted by molar-refractivity contribution is 6.21. The Morgan fingerprint density at radius 3 is 3.00 bits per heavy atom. The molecule has 7 heteroatoms. The topological polar surface area (TPSA) is 97.0 Å². The fraction of sp³-hybridized carbons (Fsp3) is 0.136. The van der Waals surface area contributed by atoms with Crippen molar-refractivity contribution in [2.24, 2.45) is 4.99 Å². The Kier molecular flexibility index (Phi) is 6.09. The quantitative estimate of drug-likeness (QED) is 0.516. The van der Waals surface area contributed by atoms with Crippen LogP contribution in [0.5, 0.6) is 5.75 Å². The molecule has 1 aliphatic heterocycles. The minimum absolute atomic E-state index is 0.0600. The molecule has 2 N–H and O–H groups in total. The van der Waals surface area contributed by atoms with Gasteiger partial charge in [-0.2, -0.15) is 0 Å². The van der Waals surface area contributed by atoms with Gasteiger partial charge in [0.25, 0.3) is 0 Å². The molecule has 0 saturated carbocycles. The first-order valence-electron chi connectivity index (χ1n) is 9.05. The molecule has 0 spiro atoms. The number of aromatic nitrogens is 1. The van der Waals surface area contributed by atoms with Crippen LogP contribution in [-0.2, 0) is 4.74 Å². The fourth-order valence-corrected chi connectivity index (χ4v) is 2.69. The number of hydrogen-bond acceptors (Lipinski definition) is 7. The number of carbonyl (C=O) groups excluding carboxylic acids is 1. The number of hydrogen-bond donors (Lipinski definition) is 2. The Morgan fingerprint density at radius 1 is 1.45 bits per heavy atom. The summed E-state index contributed by atoms with van der Waals surface area (Å²) in [6.45, 7) is 7.46. The van der Waals surface area contributed by atoms with Gasteiger partial charge in [-0.05, 0) is 44.2 Å². The SMILES string of the molecule is C=C/C(=C\C=C/C)Nc1oc(C=C2C=Nc3ncccc32)c(O)c1C(=O)OCC. The molecule has 3 heterocycles. The van der Waals surface area contributed by atoms with E-state index in [1.807, 2.05) is 19.1 Å². The van der Waals surface area contributed by atoms with Gasteiger partial charge in [0.1, 0.15) is 0 Å². The fourth-order valence-electron chi connectivity index (χ4n) is 2.69. The van der Waals surface area contributed by atoms with Crippen molar-refractivity contribution in [3.8, 4) is 5.75 Å². The van der Waals surface area contributed by atoms with Crippen LogP contribution in [0.2, 0.25) is 0 Å². The number of allylic oxidation sites excluding steroid dienone is 5. The summed E-state index contributed by atoms with van der Waals surface area (Å²) in [5, 5.41) is 13.6. The molecule has 0 fully saturated rings. The normalized spacial score (nSPS) is 14.4. The molecule has 0 bridgehead atoms. The van der Waals surface area contributed by atoms with Gasteiger partial charge in [-0.1, -0.05) is 18.7 Å². The molecule has 3 rings (SSSR count). The monoisotopic (exact) mass is 391 g/mol. The largest absolute Gasteiger partial charge is 0.504 e. The molecule has 2 aromatic heterocycles. The van der Waals surface area contributed by atoms with Gasteiger partial charge in [0.2, 0.25) is 5.88 Å². The molecule has 0 aromatic carbocycles. The maximum absolute atomic E-state index is 12.4. The molecule has 148 valence electrons. The van der Waals surface area contributed by atoms with Gasteiger partial charge in [0, 0.05) is 29.2 Å². The summed E-state index contributed by atoms with van der Waals surface area (Å²) in [4.78, 5) is 20.8. The maximum Gasteiger partial charge on any atom is 0.347 e. The predicted molar refractivity (Wildman–Crippen MR) is 113 cm³/mol. The van der Waals surface area contributed by atoms with Crippen LogP contribution in [0.4, 0.5) is 11.7 Å². The number of furan rings is 1. The van der Waals surface area contributed by atoms with Crippen molar-refractivity contribution < 1.29 is 19.1 Å². The van der Waals surface area contributed by atoms with Gasteiger partial charge >= 0.3 is 5.97 Å². The number of carbonyl (C=O) groups is 1. The number of rotatable bonds is 7. The number of aliphatic imine (C=N–C) groups is 1. The Balaban J connectivity index is 2.06. The van der Waals surface area contributed by atoms with Crippen LogP contribution in [-0.4, -0.2) is 28.9 Å². The van der Waals surface area contributed by atoms with E-state index in [2.05, 4.69) is 21.9 Å². The van der Waals surface area contributed by atoms with Gasteiger partial charge < -0.3 is 19.6 Å². The smallest absolute Gasteiger partial charge is 0.347 e. The van der Waals surface area contributed by atoms with Crippen molar-refractivity contribution in [2.75, 3.05) is 11.9 Å². The lowest BCUT2D eigenvalue weighted by molar-refractivity contribution is 0.0524. The number of esters is 1. The predicted octanol–water partition coefficient (Wildman–Crippen LogP) is 4.87. The average Bonchev–Trinajstić information content (AvgIpc) is 3.26. The molecule has 0 unspecified atom stereocenters. The van der Waals surface area contributed by atoms with Crippen LogP contribution in [0.25, 0.3) is 11.6 Å². The van der Waals surface area contributed by atoms with Crippen LogP contribution in [0, 0.1) is 0 Å². The highest BCUT2D eigenvalue weighted by Gasteiger charge is 2.27. The van der Waals surface area contributed by atoms with Gasteiger partial charge in [0.05, 0.1) is 6.61 Å². The maximum atomic E-state index is 12.4. The number of nitrogens with zero attached hydrogens (tertiary/aromatic N) is 2. The third-order valence-electron chi connectivity index (χ3n) is 4.05. The highest BCUT2D eigenvalue weighted by Crippen LogP contribution is 2.38. The van der Waals surface area contributed by atoms with Crippen LogP contribution in [0.3, 0.4) is 0 Å².